The molecule has 1 aromatic carbocycles. The molecule has 3 aliphatic heterocycles. The lowest BCUT2D eigenvalue weighted by Crippen LogP contribution is -2.63. The molecular weight excluding hydrogens is 487 g/mol. The van der Waals surface area contributed by atoms with Gasteiger partial charge >= 0.3 is 12.1 Å². The molecule has 1 amide bonds. The lowest BCUT2D eigenvalue weighted by Gasteiger charge is -2.47. The number of anilines is 1. The van der Waals surface area contributed by atoms with Gasteiger partial charge < -0.3 is 14.4 Å². The predicted molar refractivity (Wildman–Crippen MR) is 133 cm³/mol. The van der Waals surface area contributed by atoms with Gasteiger partial charge in [0.25, 0.3) is 0 Å². The zero-order valence-corrected chi connectivity index (χ0v) is 21.9. The number of likely N-dealkylation sites (tertiary alicyclic amines) is 1. The smallest absolute Gasteiger partial charge is 0.411 e. The van der Waals surface area contributed by atoms with E-state index in [4.69, 9.17) is 9.47 Å². The summed E-state index contributed by atoms with van der Waals surface area (Å²) in [5, 5.41) is 0.236. The Hall–Kier alpha value is -2.82. The van der Waals surface area contributed by atoms with Gasteiger partial charge in [0.1, 0.15) is 35.5 Å². The summed E-state index contributed by atoms with van der Waals surface area (Å²) < 4.78 is 54.5. The molecule has 37 heavy (non-hydrogen) atoms. The molecule has 0 spiro atoms. The van der Waals surface area contributed by atoms with Crippen LogP contribution < -0.4 is 9.64 Å². The number of carbonyl (C=O) groups is 1. The second-order valence-electron chi connectivity index (χ2n) is 11.8. The molecule has 0 radical (unpaired) electrons. The number of likely N-dealkylation sites (N-methyl/N-ethyl adjacent to an activating group) is 1. The second-order valence-corrected chi connectivity index (χ2v) is 11.8. The number of amides is 1. The zero-order valence-electron chi connectivity index (χ0n) is 21.9. The molecule has 4 heterocycles. The van der Waals surface area contributed by atoms with Crippen molar-refractivity contribution >= 4 is 22.8 Å². The molecule has 3 fully saturated rings. The maximum absolute atomic E-state index is 14.9. The molecule has 4 atom stereocenters. The summed E-state index contributed by atoms with van der Waals surface area (Å²) in [6, 6.07) is 1.67. The van der Waals surface area contributed by atoms with Gasteiger partial charge in [-0.1, -0.05) is 0 Å². The summed E-state index contributed by atoms with van der Waals surface area (Å²) in [5.41, 5.74) is -1.21. The quantitative estimate of drug-likeness (QED) is 0.594. The Kier molecular flexibility index (Phi) is 6.40. The highest BCUT2D eigenvalue weighted by atomic mass is 19.1. The molecule has 2 bridgehead atoms. The molecule has 2 aromatic rings. The summed E-state index contributed by atoms with van der Waals surface area (Å²) in [6.07, 6.45) is 0.589. The Morgan fingerprint density at radius 1 is 1.22 bits per heavy atom. The minimum Gasteiger partial charge on any atom is -0.462 e. The normalized spacial score (nSPS) is 28.3. The molecule has 8 nitrogen and oxygen atoms in total. The molecule has 5 rings (SSSR count). The average Bonchev–Trinajstić information content (AvgIpc) is 3.21. The molecular formula is C26H34F3N5O3. The maximum Gasteiger partial charge on any atom is 0.411 e. The molecule has 202 valence electrons. The van der Waals surface area contributed by atoms with E-state index in [0.29, 0.717) is 31.9 Å². The Bertz CT molecular complexity index is 1210. The van der Waals surface area contributed by atoms with Crippen LogP contribution in [-0.2, 0) is 4.74 Å². The minimum absolute atomic E-state index is 0.0448. The first-order valence-electron chi connectivity index (χ1n) is 12.7. The molecule has 0 N–H and O–H groups in total. The lowest BCUT2D eigenvalue weighted by atomic mass is 9.97. The fraction of sp³-hybridized carbons (Fsp3) is 0.654. The van der Waals surface area contributed by atoms with Gasteiger partial charge in [0, 0.05) is 37.1 Å². The summed E-state index contributed by atoms with van der Waals surface area (Å²) in [4.78, 5) is 27.5. The number of hydrogen-bond donors (Lipinski definition) is 0. The fourth-order valence-corrected chi connectivity index (χ4v) is 5.87. The highest BCUT2D eigenvalue weighted by Crippen LogP contribution is 2.42. The summed E-state index contributed by atoms with van der Waals surface area (Å²) in [7, 11) is 1.82. The number of hydrogen-bond acceptors (Lipinski definition) is 7. The molecule has 11 heteroatoms. The second kappa shape index (κ2) is 9.18. The van der Waals surface area contributed by atoms with Crippen LogP contribution in [0.4, 0.5) is 23.8 Å². The summed E-state index contributed by atoms with van der Waals surface area (Å²) >= 11 is 0. The van der Waals surface area contributed by atoms with Crippen LogP contribution in [0, 0.1) is 11.6 Å². The van der Waals surface area contributed by atoms with Crippen LogP contribution in [0.5, 0.6) is 6.01 Å². The summed E-state index contributed by atoms with van der Waals surface area (Å²) in [6.45, 7) is 8.80. The monoisotopic (exact) mass is 521 g/mol. The van der Waals surface area contributed by atoms with E-state index in [1.54, 1.807) is 4.90 Å². The van der Waals surface area contributed by atoms with Crippen molar-refractivity contribution in [3.8, 4) is 6.01 Å². The van der Waals surface area contributed by atoms with Crippen LogP contribution in [0.2, 0.25) is 0 Å². The van der Waals surface area contributed by atoms with Crippen LogP contribution >= 0.6 is 0 Å². The maximum atomic E-state index is 14.9. The van der Waals surface area contributed by atoms with Crippen molar-refractivity contribution in [2.45, 2.75) is 76.4 Å². The topological polar surface area (TPSA) is 71.0 Å². The Balaban J connectivity index is 1.46. The highest BCUT2D eigenvalue weighted by molar-refractivity contribution is 5.90. The number of fused-ring (bicyclic) bond motifs is 3. The standard InChI is InChI=1S/C26H34F3N5O3/c1-25(2,3)37-24(35)34-17-6-7-26(34,4)14-33(12-17)22-19-9-15(27)10-20(29)21(19)30-23(31-22)36-13-18-8-16(28)11-32(18)5/h9-10,16-18H,6-8,11-14H2,1-5H3/t16-,17-,18+,26?/m1/s1. The number of halogens is 3. The van der Waals surface area contributed by atoms with Crippen molar-refractivity contribution in [1.82, 2.24) is 19.8 Å². The molecule has 1 aromatic heterocycles. The fourth-order valence-electron chi connectivity index (χ4n) is 5.87. The third-order valence-corrected chi connectivity index (χ3v) is 7.54. The number of piperazine rings is 1. The van der Waals surface area contributed by atoms with E-state index >= 15 is 0 Å². The van der Waals surface area contributed by atoms with E-state index in [9.17, 15) is 18.0 Å². The molecule has 3 saturated heterocycles. The lowest BCUT2D eigenvalue weighted by molar-refractivity contribution is -0.00280. The van der Waals surface area contributed by atoms with Gasteiger partial charge in [0.2, 0.25) is 0 Å². The molecule has 1 unspecified atom stereocenters. The van der Waals surface area contributed by atoms with E-state index in [-0.39, 0.29) is 41.7 Å². The van der Waals surface area contributed by atoms with Crippen molar-refractivity contribution in [2.24, 2.45) is 0 Å². The van der Waals surface area contributed by atoms with E-state index < -0.39 is 28.9 Å². The molecule has 0 aliphatic carbocycles. The van der Waals surface area contributed by atoms with Crippen molar-refractivity contribution in [3.63, 3.8) is 0 Å². The van der Waals surface area contributed by atoms with Gasteiger partial charge in [-0.3, -0.25) is 9.80 Å². The minimum atomic E-state index is -0.926. The first-order valence-corrected chi connectivity index (χ1v) is 12.7. The van der Waals surface area contributed by atoms with E-state index in [0.717, 1.165) is 18.9 Å². The van der Waals surface area contributed by atoms with Crippen molar-refractivity contribution in [1.29, 1.82) is 0 Å². The molecule has 3 aliphatic rings. The SMILES string of the molecule is CN1C[C@H](F)C[C@H]1COc1nc(N2C[C@H]3CCC(C)(C2)N3C(=O)OC(C)(C)C)c2cc(F)cc(F)c2n1. The number of alkyl halides is 1. The van der Waals surface area contributed by atoms with Crippen molar-refractivity contribution < 1.29 is 27.4 Å². The van der Waals surface area contributed by atoms with Crippen molar-refractivity contribution in [2.75, 3.05) is 38.2 Å². The van der Waals surface area contributed by atoms with E-state index in [1.807, 2.05) is 44.5 Å². The van der Waals surface area contributed by atoms with Crippen molar-refractivity contribution in [3.05, 3.63) is 23.8 Å². The van der Waals surface area contributed by atoms with Gasteiger partial charge in [-0.2, -0.15) is 9.97 Å². The Morgan fingerprint density at radius 2 is 1.97 bits per heavy atom. The van der Waals surface area contributed by atoms with Gasteiger partial charge in [0.15, 0.2) is 5.82 Å². The van der Waals surface area contributed by atoms with Gasteiger partial charge in [-0.25, -0.2) is 18.0 Å². The number of ether oxygens (including phenoxy) is 2. The van der Waals surface area contributed by atoms with Gasteiger partial charge in [-0.05, 0) is 60.1 Å². The van der Waals surface area contributed by atoms with Gasteiger partial charge in [0.05, 0.1) is 11.6 Å². The molecule has 0 saturated carbocycles. The Morgan fingerprint density at radius 3 is 2.62 bits per heavy atom. The first kappa shape index (κ1) is 25.8. The van der Waals surface area contributed by atoms with Gasteiger partial charge in [-0.15, -0.1) is 0 Å². The van der Waals surface area contributed by atoms with E-state index in [2.05, 4.69) is 9.97 Å². The number of carbonyl (C=O) groups excluding carboxylic acids is 1. The third kappa shape index (κ3) is 5.02. The first-order chi connectivity index (χ1) is 17.3. The summed E-state index contributed by atoms with van der Waals surface area (Å²) in [5.74, 6) is -1.19. The van der Waals surface area contributed by atoms with Crippen LogP contribution in [0.3, 0.4) is 0 Å². The van der Waals surface area contributed by atoms with Crippen LogP contribution in [0.25, 0.3) is 10.9 Å². The number of benzene rings is 1. The van der Waals surface area contributed by atoms with E-state index in [1.165, 1.54) is 6.07 Å². The average molecular weight is 522 g/mol. The van der Waals surface area contributed by atoms with Crippen LogP contribution in [0.15, 0.2) is 12.1 Å². The zero-order chi connectivity index (χ0) is 26.7. The number of nitrogens with zero attached hydrogens (tertiary/aromatic N) is 5. The number of rotatable bonds is 4. The Labute approximate surface area is 214 Å². The van der Waals surface area contributed by atoms with Crippen LogP contribution in [0.1, 0.15) is 47.0 Å². The third-order valence-electron chi connectivity index (χ3n) is 7.54. The van der Waals surface area contributed by atoms with Crippen LogP contribution in [-0.4, -0.2) is 88.5 Å². The number of aromatic nitrogens is 2. The highest BCUT2D eigenvalue weighted by Gasteiger charge is 2.52. The largest absolute Gasteiger partial charge is 0.462 e. The predicted octanol–water partition coefficient (Wildman–Crippen LogP) is 4.31.